The zero-order valence-corrected chi connectivity index (χ0v) is 22.5. The van der Waals surface area contributed by atoms with E-state index in [2.05, 4.69) is 15.6 Å². The largest absolute Gasteiger partial charge is 0.385 e. The Bertz CT molecular complexity index is 1220. The molecule has 0 spiro atoms. The summed E-state index contributed by atoms with van der Waals surface area (Å²) in [6, 6.07) is 16.5. The number of amides is 3. The van der Waals surface area contributed by atoms with E-state index in [1.54, 1.807) is 7.11 Å². The first-order chi connectivity index (χ1) is 18.5. The number of thioether (sulfide) groups is 1. The van der Waals surface area contributed by atoms with Gasteiger partial charge < -0.3 is 15.4 Å². The van der Waals surface area contributed by atoms with Crippen LogP contribution in [0.3, 0.4) is 0 Å². The van der Waals surface area contributed by atoms with Crippen LogP contribution in [-0.4, -0.2) is 71.7 Å². The highest BCUT2D eigenvalue weighted by atomic mass is 32.2. The molecule has 4 rings (SSSR count). The molecule has 2 atom stereocenters. The number of nitrogens with one attached hydrogen (secondary N) is 2. The number of methoxy groups -OCH3 is 1. The lowest BCUT2D eigenvalue weighted by Crippen LogP contribution is -2.44. The molecule has 2 aromatic rings. The highest BCUT2D eigenvalue weighted by Gasteiger charge is 2.43. The molecule has 0 fully saturated rings. The topological polar surface area (TPSA) is 112 Å². The minimum absolute atomic E-state index is 0.0507. The molecule has 0 aromatic heterocycles. The normalized spacial score (nSPS) is 16.7. The standard InChI is InChI=1S/C28H33N5O4S/c1-3-23(26(35)30-15-9-17-37-2)38-28-32-21-13-8-7-12-20(21)25-31-22(27(36)33(25)28)18-24(34)29-16-14-19-10-5-4-6-11-19/h4-8,10-13,22-23H,3,9,14-18H2,1-2H3,(H,29,34)(H,30,35)/t22-,23+/m0/s1. The summed E-state index contributed by atoms with van der Waals surface area (Å²) in [5.41, 5.74) is 2.54. The summed E-state index contributed by atoms with van der Waals surface area (Å²) in [5, 5.41) is 5.80. The van der Waals surface area contributed by atoms with E-state index in [9.17, 15) is 14.4 Å². The summed E-state index contributed by atoms with van der Waals surface area (Å²) >= 11 is 1.24. The monoisotopic (exact) mass is 535 g/mol. The summed E-state index contributed by atoms with van der Waals surface area (Å²) < 4.78 is 5.04. The third-order valence-electron chi connectivity index (χ3n) is 6.24. The molecule has 2 aromatic carbocycles. The van der Waals surface area contributed by atoms with Gasteiger partial charge in [0.2, 0.25) is 11.8 Å². The van der Waals surface area contributed by atoms with Crippen LogP contribution in [0.1, 0.15) is 37.3 Å². The van der Waals surface area contributed by atoms with Crippen molar-refractivity contribution in [1.82, 2.24) is 15.5 Å². The molecule has 0 bridgehead atoms. The predicted octanol–water partition coefficient (Wildman–Crippen LogP) is 3.06. The van der Waals surface area contributed by atoms with Gasteiger partial charge in [0.05, 0.1) is 17.4 Å². The first kappa shape index (κ1) is 27.5. The molecule has 38 heavy (non-hydrogen) atoms. The Hall–Kier alpha value is -3.50. The molecule has 2 aliphatic heterocycles. The van der Waals surface area contributed by atoms with Crippen LogP contribution < -0.4 is 10.6 Å². The van der Waals surface area contributed by atoms with E-state index < -0.39 is 11.3 Å². The maximum atomic E-state index is 13.5. The number of rotatable bonds is 12. The maximum Gasteiger partial charge on any atom is 0.259 e. The number of hydrogen-bond donors (Lipinski definition) is 2. The third kappa shape index (κ3) is 6.68. The Morgan fingerprint density at radius 1 is 1.08 bits per heavy atom. The van der Waals surface area contributed by atoms with Gasteiger partial charge in [-0.05, 0) is 37.0 Å². The number of amidine groups is 2. The number of para-hydroxylation sites is 1. The minimum Gasteiger partial charge on any atom is -0.385 e. The summed E-state index contributed by atoms with van der Waals surface area (Å²) in [7, 11) is 1.62. The molecule has 0 saturated heterocycles. The van der Waals surface area contributed by atoms with Crippen LogP contribution in [0, 0.1) is 0 Å². The van der Waals surface area contributed by atoms with Crippen molar-refractivity contribution in [2.24, 2.45) is 9.98 Å². The molecule has 2 N–H and O–H groups in total. The van der Waals surface area contributed by atoms with Gasteiger partial charge in [0.25, 0.3) is 5.91 Å². The van der Waals surface area contributed by atoms with E-state index in [1.165, 1.54) is 16.7 Å². The van der Waals surface area contributed by atoms with Crippen LogP contribution in [-0.2, 0) is 25.5 Å². The number of nitrogens with zero attached hydrogens (tertiary/aromatic N) is 3. The molecule has 2 aliphatic rings. The van der Waals surface area contributed by atoms with Gasteiger partial charge in [-0.15, -0.1) is 0 Å². The van der Waals surface area contributed by atoms with E-state index in [1.807, 2.05) is 61.5 Å². The number of ether oxygens (including phenoxy) is 1. The smallest absolute Gasteiger partial charge is 0.259 e. The molecule has 0 aliphatic carbocycles. The van der Waals surface area contributed by atoms with Crippen LogP contribution in [0.2, 0.25) is 0 Å². The average Bonchev–Trinajstić information content (AvgIpc) is 3.26. The van der Waals surface area contributed by atoms with E-state index in [0.717, 1.165) is 11.1 Å². The molecule has 9 nitrogen and oxygen atoms in total. The quantitative estimate of drug-likeness (QED) is 0.406. The van der Waals surface area contributed by atoms with Gasteiger partial charge in [0.1, 0.15) is 11.9 Å². The molecule has 0 unspecified atom stereocenters. The first-order valence-corrected chi connectivity index (χ1v) is 13.7. The second-order valence-electron chi connectivity index (χ2n) is 9.00. The van der Waals surface area contributed by atoms with Crippen molar-refractivity contribution in [2.45, 2.75) is 43.9 Å². The Kier molecular flexibility index (Phi) is 9.67. The van der Waals surface area contributed by atoms with Gasteiger partial charge in [-0.2, -0.15) is 0 Å². The number of fused-ring (bicyclic) bond motifs is 3. The second-order valence-corrected chi connectivity index (χ2v) is 10.2. The number of hydrogen-bond acceptors (Lipinski definition) is 7. The fraction of sp³-hybridized carbons (Fsp3) is 0.393. The molecule has 0 radical (unpaired) electrons. The Labute approximate surface area is 227 Å². The fourth-order valence-electron chi connectivity index (χ4n) is 4.24. The van der Waals surface area contributed by atoms with Gasteiger partial charge in [0, 0.05) is 32.4 Å². The van der Waals surface area contributed by atoms with Crippen LogP contribution in [0.25, 0.3) is 0 Å². The predicted molar refractivity (Wildman–Crippen MR) is 150 cm³/mol. The summed E-state index contributed by atoms with van der Waals surface area (Å²) in [6.07, 6.45) is 1.93. The van der Waals surface area contributed by atoms with Crippen LogP contribution >= 0.6 is 11.8 Å². The van der Waals surface area contributed by atoms with Crippen LogP contribution in [0.4, 0.5) is 5.69 Å². The van der Waals surface area contributed by atoms with Gasteiger partial charge in [0.15, 0.2) is 5.17 Å². The van der Waals surface area contributed by atoms with Crippen LogP contribution in [0.5, 0.6) is 0 Å². The van der Waals surface area contributed by atoms with E-state index >= 15 is 0 Å². The molecular weight excluding hydrogens is 502 g/mol. The van der Waals surface area contributed by atoms with Gasteiger partial charge in [-0.1, -0.05) is 61.2 Å². The van der Waals surface area contributed by atoms with Crippen molar-refractivity contribution in [2.75, 3.05) is 26.8 Å². The number of benzene rings is 2. The van der Waals surface area contributed by atoms with Gasteiger partial charge >= 0.3 is 0 Å². The van der Waals surface area contributed by atoms with Crippen molar-refractivity contribution in [1.29, 1.82) is 0 Å². The van der Waals surface area contributed by atoms with Crippen molar-refractivity contribution in [3.05, 3.63) is 65.7 Å². The molecule has 2 heterocycles. The summed E-state index contributed by atoms with van der Waals surface area (Å²) in [4.78, 5) is 49.9. The van der Waals surface area contributed by atoms with Crippen molar-refractivity contribution in [3.63, 3.8) is 0 Å². The highest BCUT2D eigenvalue weighted by Crippen LogP contribution is 2.35. The van der Waals surface area contributed by atoms with Gasteiger partial charge in [-0.3, -0.25) is 19.4 Å². The summed E-state index contributed by atoms with van der Waals surface area (Å²) in [5.74, 6) is -0.186. The highest BCUT2D eigenvalue weighted by molar-refractivity contribution is 8.15. The molecule has 0 saturated carbocycles. The lowest BCUT2D eigenvalue weighted by molar-refractivity contribution is -0.128. The second kappa shape index (κ2) is 13.3. The van der Waals surface area contributed by atoms with E-state index in [4.69, 9.17) is 9.73 Å². The fourth-order valence-corrected chi connectivity index (χ4v) is 5.29. The number of carbonyl (C=O) groups excluding carboxylic acids is 3. The Balaban J connectivity index is 1.45. The number of aliphatic imine (C=N–C) groups is 2. The SMILES string of the molecule is CC[C@@H](SC1=Nc2ccccc2C2=N[C@@H](CC(=O)NCCc3ccccc3)C(=O)N12)C(=O)NCCCOC. The lowest BCUT2D eigenvalue weighted by atomic mass is 10.1. The van der Waals surface area contributed by atoms with Crippen LogP contribution in [0.15, 0.2) is 64.6 Å². The van der Waals surface area contributed by atoms with E-state index in [0.29, 0.717) is 55.6 Å². The van der Waals surface area contributed by atoms with Crippen molar-refractivity contribution >= 4 is 46.2 Å². The van der Waals surface area contributed by atoms with Crippen molar-refractivity contribution < 1.29 is 19.1 Å². The van der Waals surface area contributed by atoms with Crippen molar-refractivity contribution in [3.8, 4) is 0 Å². The zero-order valence-electron chi connectivity index (χ0n) is 21.7. The Morgan fingerprint density at radius 3 is 2.61 bits per heavy atom. The molecule has 200 valence electrons. The minimum atomic E-state index is -0.846. The lowest BCUT2D eigenvalue weighted by Gasteiger charge is -2.27. The third-order valence-corrected chi connectivity index (χ3v) is 7.56. The maximum absolute atomic E-state index is 13.5. The van der Waals surface area contributed by atoms with Gasteiger partial charge in [-0.25, -0.2) is 9.89 Å². The zero-order chi connectivity index (χ0) is 26.9. The molecular formula is C28H33N5O4S. The number of carbonyl (C=O) groups is 3. The molecule has 3 amide bonds. The average molecular weight is 536 g/mol. The molecule has 10 heteroatoms. The summed E-state index contributed by atoms with van der Waals surface area (Å²) in [6.45, 7) is 3.48. The Morgan fingerprint density at radius 2 is 1.84 bits per heavy atom. The first-order valence-electron chi connectivity index (χ1n) is 12.9. The van der Waals surface area contributed by atoms with E-state index in [-0.39, 0.29) is 24.1 Å².